The third kappa shape index (κ3) is 5.27. The van der Waals surface area contributed by atoms with Gasteiger partial charge in [0.2, 0.25) is 11.8 Å². The monoisotopic (exact) mass is 393 g/mol. The average Bonchev–Trinajstić information content (AvgIpc) is 3.14. The number of carbonyl (C=O) groups excluding carboxylic acids is 2. The van der Waals surface area contributed by atoms with Gasteiger partial charge in [-0.25, -0.2) is 4.98 Å². The number of aromatic nitrogens is 1. The summed E-state index contributed by atoms with van der Waals surface area (Å²) in [6, 6.07) is 19.5. The van der Waals surface area contributed by atoms with Crippen molar-refractivity contribution < 1.29 is 9.59 Å². The third-order valence-electron chi connectivity index (χ3n) is 4.19. The highest BCUT2D eigenvalue weighted by Gasteiger charge is 2.18. The number of nitrogens with zero attached hydrogens (tertiary/aromatic N) is 2. The fourth-order valence-corrected chi connectivity index (χ4v) is 3.36. The van der Waals surface area contributed by atoms with Crippen LogP contribution in [0.25, 0.3) is 0 Å². The second-order valence-electron chi connectivity index (χ2n) is 6.77. The maximum atomic E-state index is 13.1. The number of carbonyl (C=O) groups is 2. The fraction of sp³-hybridized carbons (Fsp3) is 0.227. The Balaban J connectivity index is 1.75. The molecule has 28 heavy (non-hydrogen) atoms. The molecule has 0 spiro atoms. The molecule has 0 aliphatic heterocycles. The van der Waals surface area contributed by atoms with Crippen LogP contribution in [-0.2, 0) is 22.6 Å². The molecule has 0 unspecified atom stereocenters. The van der Waals surface area contributed by atoms with E-state index in [4.69, 9.17) is 0 Å². The van der Waals surface area contributed by atoms with Gasteiger partial charge in [-0.2, -0.15) is 0 Å². The first-order valence-corrected chi connectivity index (χ1v) is 10.1. The molecule has 0 atom stereocenters. The van der Waals surface area contributed by atoms with Gasteiger partial charge < -0.3 is 10.2 Å². The van der Waals surface area contributed by atoms with E-state index in [1.807, 2.05) is 79.9 Å². The topological polar surface area (TPSA) is 62.3 Å². The molecule has 1 heterocycles. The summed E-state index contributed by atoms with van der Waals surface area (Å²) in [5.41, 5.74) is 2.56. The van der Waals surface area contributed by atoms with Crippen LogP contribution in [0.1, 0.15) is 25.1 Å². The van der Waals surface area contributed by atoms with Crippen LogP contribution in [0.2, 0.25) is 0 Å². The van der Waals surface area contributed by atoms with Crippen molar-refractivity contribution in [2.24, 2.45) is 5.92 Å². The van der Waals surface area contributed by atoms with Gasteiger partial charge in [0.1, 0.15) is 0 Å². The first-order valence-electron chi connectivity index (χ1n) is 9.17. The molecule has 3 rings (SSSR count). The van der Waals surface area contributed by atoms with Crippen LogP contribution in [0.3, 0.4) is 0 Å². The number of hydrogen-bond donors (Lipinski definition) is 1. The molecule has 144 valence electrons. The Morgan fingerprint density at radius 2 is 1.68 bits per heavy atom. The minimum absolute atomic E-state index is 0.0397. The molecular formula is C22H23N3O2S. The lowest BCUT2D eigenvalue weighted by Gasteiger charge is -2.23. The van der Waals surface area contributed by atoms with E-state index in [9.17, 15) is 9.59 Å². The van der Waals surface area contributed by atoms with Crippen molar-refractivity contribution >= 4 is 34.0 Å². The number of rotatable bonds is 7. The van der Waals surface area contributed by atoms with Crippen LogP contribution >= 0.6 is 11.3 Å². The van der Waals surface area contributed by atoms with Crippen molar-refractivity contribution in [3.63, 3.8) is 0 Å². The van der Waals surface area contributed by atoms with Gasteiger partial charge in [0.15, 0.2) is 5.13 Å². The highest BCUT2D eigenvalue weighted by atomic mass is 32.1. The molecule has 0 radical (unpaired) electrons. The van der Waals surface area contributed by atoms with Gasteiger partial charge >= 0.3 is 0 Å². The van der Waals surface area contributed by atoms with Gasteiger partial charge in [0.05, 0.1) is 18.7 Å². The summed E-state index contributed by atoms with van der Waals surface area (Å²) in [7, 11) is 0. The van der Waals surface area contributed by atoms with Gasteiger partial charge in [0.25, 0.3) is 0 Å². The minimum atomic E-state index is -0.117. The van der Waals surface area contributed by atoms with Crippen molar-refractivity contribution in [2.45, 2.75) is 26.8 Å². The van der Waals surface area contributed by atoms with Crippen molar-refractivity contribution in [1.29, 1.82) is 0 Å². The van der Waals surface area contributed by atoms with Crippen LogP contribution in [0.4, 0.5) is 10.8 Å². The first-order chi connectivity index (χ1) is 13.5. The molecule has 0 bridgehead atoms. The molecule has 3 aromatic rings. The second kappa shape index (κ2) is 9.28. The van der Waals surface area contributed by atoms with Crippen LogP contribution in [0.5, 0.6) is 0 Å². The Labute approximate surface area is 169 Å². The maximum absolute atomic E-state index is 13.1. The SMILES string of the molecule is CC(C)C(=O)Nc1nc(CC(=O)N(Cc2ccccc2)c2ccccc2)cs1. The molecule has 2 aromatic carbocycles. The zero-order valence-corrected chi connectivity index (χ0v) is 16.8. The van der Waals surface area contributed by atoms with Crippen LogP contribution in [0.15, 0.2) is 66.0 Å². The zero-order chi connectivity index (χ0) is 19.9. The molecule has 1 aromatic heterocycles. The van der Waals surface area contributed by atoms with Gasteiger partial charge in [-0.3, -0.25) is 9.59 Å². The summed E-state index contributed by atoms with van der Waals surface area (Å²) in [5.74, 6) is -0.238. The normalized spacial score (nSPS) is 10.7. The lowest BCUT2D eigenvalue weighted by atomic mass is 10.1. The predicted octanol–water partition coefficient (Wildman–Crippen LogP) is 4.51. The van der Waals surface area contributed by atoms with Gasteiger partial charge in [0, 0.05) is 17.0 Å². The van der Waals surface area contributed by atoms with Gasteiger partial charge in [-0.15, -0.1) is 11.3 Å². The standard InChI is InChI=1S/C22H23N3O2S/c1-16(2)21(27)24-22-23-18(15-28-22)13-20(26)25(19-11-7-4-8-12-19)14-17-9-5-3-6-10-17/h3-12,15-16H,13-14H2,1-2H3,(H,23,24,27). The van der Waals surface area contributed by atoms with E-state index >= 15 is 0 Å². The molecule has 0 saturated heterocycles. The molecular weight excluding hydrogens is 370 g/mol. The zero-order valence-electron chi connectivity index (χ0n) is 16.0. The number of amides is 2. The van der Waals surface area contributed by atoms with E-state index < -0.39 is 0 Å². The maximum Gasteiger partial charge on any atom is 0.233 e. The van der Waals surface area contributed by atoms with Crippen LogP contribution in [-0.4, -0.2) is 16.8 Å². The van der Waals surface area contributed by atoms with Crippen molar-refractivity contribution in [2.75, 3.05) is 10.2 Å². The summed E-state index contributed by atoms with van der Waals surface area (Å²) < 4.78 is 0. The van der Waals surface area contributed by atoms with E-state index in [0.717, 1.165) is 11.3 Å². The number of benzene rings is 2. The summed E-state index contributed by atoms with van der Waals surface area (Å²) in [4.78, 5) is 31.0. The number of nitrogens with one attached hydrogen (secondary N) is 1. The Morgan fingerprint density at radius 3 is 2.32 bits per heavy atom. The highest BCUT2D eigenvalue weighted by molar-refractivity contribution is 7.13. The molecule has 5 nitrogen and oxygen atoms in total. The molecule has 6 heteroatoms. The molecule has 1 N–H and O–H groups in total. The smallest absolute Gasteiger partial charge is 0.233 e. The average molecular weight is 394 g/mol. The number of anilines is 2. The molecule has 0 aliphatic rings. The summed E-state index contributed by atoms with van der Waals surface area (Å²) in [5, 5.41) is 5.12. The first kappa shape index (κ1) is 19.8. The van der Waals surface area contributed by atoms with Gasteiger partial charge in [-0.1, -0.05) is 62.4 Å². The molecule has 2 amide bonds. The third-order valence-corrected chi connectivity index (χ3v) is 5.00. The lowest BCUT2D eigenvalue weighted by Crippen LogP contribution is -2.31. The van der Waals surface area contributed by atoms with Crippen LogP contribution < -0.4 is 10.2 Å². The largest absolute Gasteiger partial charge is 0.308 e. The van der Waals surface area contributed by atoms with E-state index in [0.29, 0.717) is 17.4 Å². The van der Waals surface area contributed by atoms with Crippen molar-refractivity contribution in [1.82, 2.24) is 4.98 Å². The summed E-state index contributed by atoms with van der Waals surface area (Å²) in [6.45, 7) is 4.15. The quantitative estimate of drug-likeness (QED) is 0.642. The Hall–Kier alpha value is -2.99. The Bertz CT molecular complexity index is 923. The minimum Gasteiger partial charge on any atom is -0.308 e. The Kier molecular flexibility index (Phi) is 6.55. The van der Waals surface area contributed by atoms with E-state index in [1.54, 1.807) is 4.90 Å². The fourth-order valence-electron chi connectivity index (χ4n) is 2.64. The predicted molar refractivity (Wildman–Crippen MR) is 113 cm³/mol. The molecule has 0 fully saturated rings. The number of hydrogen-bond acceptors (Lipinski definition) is 4. The van der Waals surface area contributed by atoms with Crippen molar-refractivity contribution in [3.05, 3.63) is 77.3 Å². The summed E-state index contributed by atoms with van der Waals surface area (Å²) >= 11 is 1.33. The number of thiazole rings is 1. The van der Waals surface area contributed by atoms with E-state index in [2.05, 4.69) is 10.3 Å². The van der Waals surface area contributed by atoms with Crippen LogP contribution in [0, 0.1) is 5.92 Å². The Morgan fingerprint density at radius 1 is 1.04 bits per heavy atom. The highest BCUT2D eigenvalue weighted by Crippen LogP contribution is 2.21. The second-order valence-corrected chi connectivity index (χ2v) is 7.62. The lowest BCUT2D eigenvalue weighted by molar-refractivity contribution is -0.119. The molecule has 0 saturated carbocycles. The van der Waals surface area contributed by atoms with Gasteiger partial charge in [-0.05, 0) is 17.7 Å². The van der Waals surface area contributed by atoms with Crippen molar-refractivity contribution in [3.8, 4) is 0 Å². The summed E-state index contributed by atoms with van der Waals surface area (Å²) in [6.07, 6.45) is 0.176. The van der Waals surface area contributed by atoms with E-state index in [1.165, 1.54) is 11.3 Å². The molecule has 0 aliphatic carbocycles. The van der Waals surface area contributed by atoms with E-state index in [-0.39, 0.29) is 24.2 Å². The number of para-hydroxylation sites is 1.